The Labute approximate surface area is 190 Å². The summed E-state index contributed by atoms with van der Waals surface area (Å²) >= 11 is 1.48. The van der Waals surface area contributed by atoms with E-state index in [1.807, 2.05) is 18.2 Å². The number of para-hydroxylation sites is 1. The van der Waals surface area contributed by atoms with E-state index in [1.165, 1.54) is 50.3 Å². The molecule has 2 aromatic rings. The largest absolute Gasteiger partial charge is 0.352 e. The zero-order valence-electron chi connectivity index (χ0n) is 18.8. The van der Waals surface area contributed by atoms with E-state index in [0.717, 1.165) is 36.2 Å². The zero-order valence-corrected chi connectivity index (χ0v) is 19.6. The van der Waals surface area contributed by atoms with Gasteiger partial charge in [0, 0.05) is 11.7 Å². The number of rotatable bonds is 7. The Morgan fingerprint density at radius 2 is 1.84 bits per heavy atom. The first kappa shape index (κ1) is 22.3. The van der Waals surface area contributed by atoms with Crippen LogP contribution in [0.3, 0.4) is 0 Å². The molecule has 0 radical (unpaired) electrons. The van der Waals surface area contributed by atoms with E-state index in [4.69, 9.17) is 0 Å². The molecule has 168 valence electrons. The van der Waals surface area contributed by atoms with Gasteiger partial charge >= 0.3 is 0 Å². The average molecular weight is 442 g/mol. The van der Waals surface area contributed by atoms with Gasteiger partial charge in [0.1, 0.15) is 0 Å². The summed E-state index contributed by atoms with van der Waals surface area (Å²) in [6, 6.07) is 10.8. The maximum Gasteiger partial charge on any atom is 0.230 e. The molecule has 1 N–H and O–H groups in total. The van der Waals surface area contributed by atoms with Gasteiger partial charge in [-0.3, -0.25) is 14.3 Å². The second kappa shape index (κ2) is 10.6. The first-order valence-electron chi connectivity index (χ1n) is 11.8. The Kier molecular flexibility index (Phi) is 7.67. The molecule has 0 spiro atoms. The molecule has 1 aliphatic carbocycles. The maximum atomic E-state index is 12.7. The summed E-state index contributed by atoms with van der Waals surface area (Å²) in [7, 11) is 0. The number of carbonyl (C=O) groups is 1. The summed E-state index contributed by atoms with van der Waals surface area (Å²) < 4.78 is 2.14. The molecule has 0 bridgehead atoms. The van der Waals surface area contributed by atoms with Crippen molar-refractivity contribution in [2.45, 2.75) is 76.0 Å². The number of aromatic nitrogens is 3. The van der Waals surface area contributed by atoms with E-state index >= 15 is 0 Å². The quantitative estimate of drug-likeness (QED) is 0.636. The number of carbonyl (C=O) groups excluding carboxylic acids is 1. The summed E-state index contributed by atoms with van der Waals surface area (Å²) in [5, 5.41) is 13.1. The van der Waals surface area contributed by atoms with Gasteiger partial charge in [0.25, 0.3) is 0 Å². The van der Waals surface area contributed by atoms with Gasteiger partial charge in [0.15, 0.2) is 11.0 Å². The lowest BCUT2D eigenvalue weighted by Crippen LogP contribution is -2.41. The minimum Gasteiger partial charge on any atom is -0.352 e. The van der Waals surface area contributed by atoms with Crippen molar-refractivity contribution in [2.24, 2.45) is 5.92 Å². The molecule has 1 aromatic heterocycles. The van der Waals surface area contributed by atoms with Crippen molar-refractivity contribution in [3.05, 3.63) is 36.2 Å². The fourth-order valence-corrected chi connectivity index (χ4v) is 5.61. The maximum absolute atomic E-state index is 12.7. The van der Waals surface area contributed by atoms with Crippen LogP contribution in [0.2, 0.25) is 0 Å². The number of thioether (sulfide) groups is 1. The van der Waals surface area contributed by atoms with Gasteiger partial charge in [-0.05, 0) is 63.7 Å². The van der Waals surface area contributed by atoms with Crippen molar-refractivity contribution in [1.82, 2.24) is 25.0 Å². The lowest BCUT2D eigenvalue weighted by Gasteiger charge is -2.31. The molecular weight excluding hydrogens is 406 g/mol. The van der Waals surface area contributed by atoms with Crippen LogP contribution in [-0.2, 0) is 4.79 Å². The van der Waals surface area contributed by atoms with Crippen molar-refractivity contribution >= 4 is 17.7 Å². The van der Waals surface area contributed by atoms with Crippen molar-refractivity contribution < 1.29 is 4.79 Å². The van der Waals surface area contributed by atoms with E-state index in [2.05, 4.69) is 51.0 Å². The summed E-state index contributed by atoms with van der Waals surface area (Å²) in [6.45, 7) is 6.68. The van der Waals surface area contributed by atoms with Crippen LogP contribution in [0, 0.1) is 5.92 Å². The molecular formula is C24H35N5OS. The minimum atomic E-state index is 0.0944. The summed E-state index contributed by atoms with van der Waals surface area (Å²) in [5.74, 6) is 1.98. The van der Waals surface area contributed by atoms with Gasteiger partial charge in [0.2, 0.25) is 5.91 Å². The number of amides is 1. The normalized spacial score (nSPS) is 23.4. The Balaban J connectivity index is 1.49. The molecule has 2 heterocycles. The predicted molar refractivity (Wildman–Crippen MR) is 125 cm³/mol. The molecule has 3 unspecified atom stereocenters. The number of hydrogen-bond donors (Lipinski definition) is 1. The molecule has 1 saturated heterocycles. The highest BCUT2D eigenvalue weighted by atomic mass is 32.2. The molecule has 31 heavy (non-hydrogen) atoms. The molecule has 2 fully saturated rings. The van der Waals surface area contributed by atoms with Crippen LogP contribution < -0.4 is 5.32 Å². The smallest absolute Gasteiger partial charge is 0.230 e. The first-order chi connectivity index (χ1) is 15.1. The van der Waals surface area contributed by atoms with Crippen molar-refractivity contribution in [3.63, 3.8) is 0 Å². The van der Waals surface area contributed by atoms with Crippen LogP contribution in [0.15, 0.2) is 35.5 Å². The van der Waals surface area contributed by atoms with Gasteiger partial charge in [-0.2, -0.15) is 0 Å². The molecule has 3 atom stereocenters. The van der Waals surface area contributed by atoms with Crippen molar-refractivity contribution in [1.29, 1.82) is 0 Å². The fraction of sp³-hybridized carbons (Fsp3) is 0.625. The Morgan fingerprint density at radius 1 is 1.10 bits per heavy atom. The van der Waals surface area contributed by atoms with Crippen LogP contribution >= 0.6 is 11.8 Å². The highest BCUT2D eigenvalue weighted by Gasteiger charge is 2.26. The van der Waals surface area contributed by atoms with E-state index in [9.17, 15) is 4.79 Å². The second-order valence-electron chi connectivity index (χ2n) is 9.01. The van der Waals surface area contributed by atoms with Gasteiger partial charge in [-0.25, -0.2) is 0 Å². The standard InChI is InChI=1S/C24H35N5OS/c1-18-11-7-8-14-21(18)25-22(30)17-31-24-27-26-23(19(2)28-15-9-4-10-16-28)29(24)20-12-5-3-6-13-20/h3,5-6,12-13,18-19,21H,4,7-11,14-17H2,1-2H3,(H,25,30). The van der Waals surface area contributed by atoms with Gasteiger partial charge in [-0.1, -0.05) is 56.1 Å². The third-order valence-electron chi connectivity index (χ3n) is 6.78. The van der Waals surface area contributed by atoms with Gasteiger partial charge in [0.05, 0.1) is 11.8 Å². The Morgan fingerprint density at radius 3 is 2.58 bits per heavy atom. The molecule has 7 heteroatoms. The summed E-state index contributed by atoms with van der Waals surface area (Å²) in [4.78, 5) is 15.2. The number of likely N-dealkylation sites (tertiary alicyclic amines) is 1. The highest BCUT2D eigenvalue weighted by molar-refractivity contribution is 7.99. The van der Waals surface area contributed by atoms with Crippen LogP contribution in [0.25, 0.3) is 5.69 Å². The Bertz CT molecular complexity index is 849. The molecule has 1 amide bonds. The topological polar surface area (TPSA) is 63.1 Å². The van der Waals surface area contributed by atoms with Crippen molar-refractivity contribution in [2.75, 3.05) is 18.8 Å². The van der Waals surface area contributed by atoms with Gasteiger partial charge < -0.3 is 5.32 Å². The minimum absolute atomic E-state index is 0.0944. The summed E-state index contributed by atoms with van der Waals surface area (Å²) in [6.07, 6.45) is 8.58. The van der Waals surface area contributed by atoms with Gasteiger partial charge in [-0.15, -0.1) is 10.2 Å². The number of hydrogen-bond acceptors (Lipinski definition) is 5. The number of benzene rings is 1. The van der Waals surface area contributed by atoms with Crippen LogP contribution in [0.4, 0.5) is 0 Å². The number of piperidine rings is 1. The summed E-state index contributed by atoms with van der Waals surface area (Å²) in [5.41, 5.74) is 1.05. The van der Waals surface area contributed by atoms with Crippen LogP contribution in [0.5, 0.6) is 0 Å². The molecule has 1 aliphatic heterocycles. The van der Waals surface area contributed by atoms with E-state index in [1.54, 1.807) is 0 Å². The molecule has 1 aromatic carbocycles. The molecule has 4 rings (SSSR count). The zero-order chi connectivity index (χ0) is 21.6. The van der Waals surface area contributed by atoms with E-state index in [-0.39, 0.29) is 11.9 Å². The third kappa shape index (κ3) is 5.50. The SMILES string of the molecule is CC1CCCCC1NC(=O)CSc1nnc(C(C)N2CCCCC2)n1-c1ccccc1. The van der Waals surface area contributed by atoms with E-state index < -0.39 is 0 Å². The lowest BCUT2D eigenvalue weighted by atomic mass is 9.86. The fourth-order valence-electron chi connectivity index (χ4n) is 4.84. The Hall–Kier alpha value is -1.86. The van der Waals surface area contributed by atoms with Crippen LogP contribution in [-0.4, -0.2) is 50.5 Å². The number of nitrogens with zero attached hydrogens (tertiary/aromatic N) is 4. The molecule has 2 aliphatic rings. The average Bonchev–Trinajstić information content (AvgIpc) is 3.24. The first-order valence-corrected chi connectivity index (χ1v) is 12.8. The lowest BCUT2D eigenvalue weighted by molar-refractivity contribution is -0.119. The predicted octanol–water partition coefficient (Wildman–Crippen LogP) is 4.60. The van der Waals surface area contributed by atoms with Crippen molar-refractivity contribution in [3.8, 4) is 5.69 Å². The van der Waals surface area contributed by atoms with Crippen LogP contribution in [0.1, 0.15) is 70.7 Å². The van der Waals surface area contributed by atoms with E-state index in [0.29, 0.717) is 17.7 Å². The highest BCUT2D eigenvalue weighted by Crippen LogP contribution is 2.29. The second-order valence-corrected chi connectivity index (χ2v) is 9.95. The third-order valence-corrected chi connectivity index (χ3v) is 7.70. The monoisotopic (exact) mass is 441 g/mol. The molecule has 1 saturated carbocycles. The number of nitrogens with one attached hydrogen (secondary N) is 1. The molecule has 6 nitrogen and oxygen atoms in total.